The molecular weight excluding hydrogens is 403 g/mol. The molecule has 3 aromatic carbocycles. The lowest BCUT2D eigenvalue weighted by Crippen LogP contribution is -2.18. The van der Waals surface area contributed by atoms with Crippen LogP contribution in [0.4, 0.5) is 4.39 Å². The quantitative estimate of drug-likeness (QED) is 0.457. The van der Waals surface area contributed by atoms with Crippen LogP contribution in [0.1, 0.15) is 11.1 Å². The zero-order valence-electron chi connectivity index (χ0n) is 14.5. The number of hydrogen-bond donors (Lipinski definition) is 1. The molecule has 0 aliphatic rings. The van der Waals surface area contributed by atoms with Crippen LogP contribution in [0.5, 0.6) is 5.75 Å². The highest BCUT2D eigenvalue weighted by Crippen LogP contribution is 2.16. The zero-order valence-corrected chi connectivity index (χ0v) is 16.1. The van der Waals surface area contributed by atoms with Crippen LogP contribution in [0, 0.1) is 5.82 Å². The summed E-state index contributed by atoms with van der Waals surface area (Å²) < 4.78 is 42.8. The van der Waals surface area contributed by atoms with Gasteiger partial charge < -0.3 is 4.74 Å². The summed E-state index contributed by atoms with van der Waals surface area (Å²) in [6, 6.07) is 18.8. The first-order valence-corrected chi connectivity index (χ1v) is 10.1. The Morgan fingerprint density at radius 1 is 1.04 bits per heavy atom. The van der Waals surface area contributed by atoms with Crippen molar-refractivity contribution in [2.24, 2.45) is 5.10 Å². The van der Waals surface area contributed by atoms with Gasteiger partial charge in [-0.15, -0.1) is 0 Å². The Kier molecular flexibility index (Phi) is 6.28. The minimum absolute atomic E-state index is 0.0790. The second-order valence-corrected chi connectivity index (χ2v) is 7.90. The molecule has 0 saturated heterocycles. The Labute approximate surface area is 167 Å². The molecule has 0 radical (unpaired) electrons. The third kappa shape index (κ3) is 5.55. The summed E-state index contributed by atoms with van der Waals surface area (Å²) in [6.07, 6.45) is 1.35. The standard InChI is InChI=1S/C20H16ClFN2O3S/c21-17-5-1-4-16(11-17)14-27-19-6-2-3-15(12-19)13-23-24-28(25,26)20-9-7-18(22)8-10-20/h1-13,24H,14H2/b23-13+. The highest BCUT2D eigenvalue weighted by atomic mass is 35.5. The van der Waals surface area contributed by atoms with E-state index in [4.69, 9.17) is 16.3 Å². The summed E-state index contributed by atoms with van der Waals surface area (Å²) in [5, 5.41) is 4.39. The van der Waals surface area contributed by atoms with E-state index in [0.29, 0.717) is 22.9 Å². The number of hydrazone groups is 1. The van der Waals surface area contributed by atoms with Crippen LogP contribution in [0.2, 0.25) is 5.02 Å². The van der Waals surface area contributed by atoms with Gasteiger partial charge in [-0.05, 0) is 59.7 Å². The molecule has 0 aliphatic heterocycles. The normalized spacial score (nSPS) is 11.5. The molecule has 0 bridgehead atoms. The summed E-state index contributed by atoms with van der Waals surface area (Å²) in [7, 11) is -3.87. The summed E-state index contributed by atoms with van der Waals surface area (Å²) in [5.74, 6) is 0.0855. The van der Waals surface area contributed by atoms with E-state index in [9.17, 15) is 12.8 Å². The summed E-state index contributed by atoms with van der Waals surface area (Å²) >= 11 is 5.95. The summed E-state index contributed by atoms with van der Waals surface area (Å²) in [6.45, 7) is 0.346. The molecule has 0 aromatic heterocycles. The van der Waals surface area contributed by atoms with Crippen LogP contribution in [0.25, 0.3) is 0 Å². The van der Waals surface area contributed by atoms with E-state index in [1.54, 1.807) is 30.3 Å². The molecule has 144 valence electrons. The molecule has 0 fully saturated rings. The SMILES string of the molecule is O=S(=O)(N/N=C/c1cccc(OCc2cccc(Cl)c2)c1)c1ccc(F)cc1. The van der Waals surface area contributed by atoms with Crippen molar-refractivity contribution in [1.29, 1.82) is 0 Å². The summed E-state index contributed by atoms with van der Waals surface area (Å²) in [5.41, 5.74) is 1.57. The van der Waals surface area contributed by atoms with E-state index in [0.717, 1.165) is 29.8 Å². The smallest absolute Gasteiger partial charge is 0.276 e. The maximum absolute atomic E-state index is 12.9. The van der Waals surface area contributed by atoms with Gasteiger partial charge in [0.1, 0.15) is 18.2 Å². The fraction of sp³-hybridized carbons (Fsp3) is 0.0500. The molecule has 28 heavy (non-hydrogen) atoms. The van der Waals surface area contributed by atoms with Gasteiger partial charge in [0.2, 0.25) is 0 Å². The van der Waals surface area contributed by atoms with E-state index in [1.807, 2.05) is 18.2 Å². The first-order chi connectivity index (χ1) is 13.4. The fourth-order valence-corrected chi connectivity index (χ4v) is 3.32. The molecule has 5 nitrogen and oxygen atoms in total. The monoisotopic (exact) mass is 418 g/mol. The molecular formula is C20H16ClFN2O3S. The molecule has 1 N–H and O–H groups in total. The van der Waals surface area contributed by atoms with Crippen molar-refractivity contribution in [1.82, 2.24) is 4.83 Å². The molecule has 0 saturated carbocycles. The zero-order chi connectivity index (χ0) is 20.0. The number of halogens is 2. The predicted molar refractivity (Wildman–Crippen MR) is 107 cm³/mol. The molecule has 0 spiro atoms. The molecule has 0 aliphatic carbocycles. The van der Waals surface area contributed by atoms with E-state index < -0.39 is 15.8 Å². The van der Waals surface area contributed by atoms with Crippen LogP contribution in [0.15, 0.2) is 82.8 Å². The maximum atomic E-state index is 12.9. The van der Waals surface area contributed by atoms with Crippen molar-refractivity contribution in [3.63, 3.8) is 0 Å². The number of nitrogens with zero attached hydrogens (tertiary/aromatic N) is 1. The molecule has 0 unspecified atom stereocenters. The molecule has 3 aromatic rings. The van der Waals surface area contributed by atoms with Crippen molar-refractivity contribution in [3.05, 3.63) is 94.8 Å². The van der Waals surface area contributed by atoms with Gasteiger partial charge in [-0.2, -0.15) is 13.5 Å². The van der Waals surface area contributed by atoms with E-state index in [2.05, 4.69) is 9.93 Å². The van der Waals surface area contributed by atoms with Gasteiger partial charge in [-0.25, -0.2) is 9.22 Å². The van der Waals surface area contributed by atoms with Crippen LogP contribution >= 0.6 is 11.6 Å². The molecule has 0 heterocycles. The molecule has 8 heteroatoms. The maximum Gasteiger partial charge on any atom is 0.276 e. The fourth-order valence-electron chi connectivity index (χ4n) is 2.31. The molecule has 3 rings (SSSR count). The van der Waals surface area contributed by atoms with Gasteiger partial charge in [0.15, 0.2) is 0 Å². The van der Waals surface area contributed by atoms with Crippen LogP contribution in [0.3, 0.4) is 0 Å². The van der Waals surface area contributed by atoms with Crippen molar-refractivity contribution in [3.8, 4) is 5.75 Å². The lowest BCUT2D eigenvalue weighted by Gasteiger charge is -2.07. The number of ether oxygens (including phenoxy) is 1. The molecule has 0 atom stereocenters. The van der Waals surface area contributed by atoms with Crippen molar-refractivity contribution >= 4 is 27.8 Å². The number of nitrogens with one attached hydrogen (secondary N) is 1. The summed E-state index contributed by atoms with van der Waals surface area (Å²) in [4.78, 5) is 2.01. The van der Waals surface area contributed by atoms with E-state index >= 15 is 0 Å². The topological polar surface area (TPSA) is 67.8 Å². The number of sulfonamides is 1. The largest absolute Gasteiger partial charge is 0.489 e. The Balaban J connectivity index is 1.63. The minimum atomic E-state index is -3.87. The van der Waals surface area contributed by atoms with E-state index in [1.165, 1.54) is 6.21 Å². The van der Waals surface area contributed by atoms with Gasteiger partial charge in [-0.1, -0.05) is 35.9 Å². The number of rotatable bonds is 7. The first-order valence-electron chi connectivity index (χ1n) is 8.20. The van der Waals surface area contributed by atoms with Crippen LogP contribution in [-0.4, -0.2) is 14.6 Å². The Bertz CT molecular complexity index is 1090. The highest BCUT2D eigenvalue weighted by Gasteiger charge is 2.12. The second kappa shape index (κ2) is 8.86. The second-order valence-electron chi connectivity index (χ2n) is 5.80. The lowest BCUT2D eigenvalue weighted by molar-refractivity contribution is 0.306. The van der Waals surface area contributed by atoms with Gasteiger partial charge in [0.25, 0.3) is 10.0 Å². The van der Waals surface area contributed by atoms with Gasteiger partial charge >= 0.3 is 0 Å². The Morgan fingerprint density at radius 2 is 1.79 bits per heavy atom. The van der Waals surface area contributed by atoms with Crippen molar-refractivity contribution < 1.29 is 17.5 Å². The number of hydrogen-bond acceptors (Lipinski definition) is 4. The van der Waals surface area contributed by atoms with Crippen molar-refractivity contribution in [2.75, 3.05) is 0 Å². The first kappa shape index (κ1) is 19.9. The minimum Gasteiger partial charge on any atom is -0.489 e. The van der Waals surface area contributed by atoms with Gasteiger partial charge in [0, 0.05) is 5.02 Å². The Morgan fingerprint density at radius 3 is 2.54 bits per heavy atom. The highest BCUT2D eigenvalue weighted by molar-refractivity contribution is 7.89. The van der Waals surface area contributed by atoms with Gasteiger partial charge in [-0.3, -0.25) is 0 Å². The van der Waals surface area contributed by atoms with Crippen LogP contribution in [-0.2, 0) is 16.6 Å². The third-order valence-corrected chi connectivity index (χ3v) is 5.14. The van der Waals surface area contributed by atoms with Crippen molar-refractivity contribution in [2.45, 2.75) is 11.5 Å². The average molecular weight is 419 g/mol. The third-order valence-electron chi connectivity index (χ3n) is 3.66. The predicted octanol–water partition coefficient (Wildman–Crippen LogP) is 4.37. The average Bonchev–Trinajstić information content (AvgIpc) is 2.67. The number of benzene rings is 3. The lowest BCUT2D eigenvalue weighted by atomic mass is 10.2. The Hall–Kier alpha value is -2.90. The van der Waals surface area contributed by atoms with Gasteiger partial charge in [0.05, 0.1) is 11.1 Å². The van der Waals surface area contributed by atoms with Crippen LogP contribution < -0.4 is 9.57 Å². The van der Waals surface area contributed by atoms with E-state index in [-0.39, 0.29) is 4.90 Å². The molecule has 0 amide bonds.